The number of aryl methyl sites for hydroxylation is 3. The van der Waals surface area contributed by atoms with Crippen LogP contribution in [-0.4, -0.2) is 17.7 Å². The van der Waals surface area contributed by atoms with Crippen LogP contribution in [0, 0.1) is 25.5 Å². The molecule has 0 radical (unpaired) electrons. The molecule has 3 rings (SSSR count). The molecule has 0 saturated carbocycles. The highest BCUT2D eigenvalue weighted by Crippen LogP contribution is 2.36. The molecule has 2 aromatic carbocycles. The Balaban J connectivity index is 1.77. The number of allylic oxidation sites excluding steroid dienone is 1. The van der Waals surface area contributed by atoms with Crippen molar-refractivity contribution in [2.75, 3.05) is 6.61 Å². The lowest BCUT2D eigenvalue weighted by molar-refractivity contribution is -0.136. The monoisotopic (exact) mass is 386 g/mol. The molecule has 0 amide bonds. The van der Waals surface area contributed by atoms with Gasteiger partial charge in [-0.1, -0.05) is 12.1 Å². The van der Waals surface area contributed by atoms with Crippen LogP contribution < -0.4 is 4.74 Å². The Morgan fingerprint density at radius 1 is 1.11 bits per heavy atom. The Kier molecular flexibility index (Phi) is 6.12. The Labute approximate surface area is 163 Å². The third-order valence-corrected chi connectivity index (χ3v) is 5.18. The summed E-state index contributed by atoms with van der Waals surface area (Å²) in [6.45, 7) is 3.88. The van der Waals surface area contributed by atoms with E-state index in [4.69, 9.17) is 9.84 Å². The molecule has 148 valence electrons. The maximum atomic E-state index is 14.4. The first kappa shape index (κ1) is 20.1. The van der Waals surface area contributed by atoms with Crippen LogP contribution in [0.3, 0.4) is 0 Å². The van der Waals surface area contributed by atoms with E-state index in [1.807, 2.05) is 19.9 Å². The number of carbonyl (C=O) groups is 1. The van der Waals surface area contributed by atoms with E-state index in [1.54, 1.807) is 12.1 Å². The molecular weight excluding hydrogens is 362 g/mol. The lowest BCUT2D eigenvalue weighted by atomic mass is 10.0. The van der Waals surface area contributed by atoms with Gasteiger partial charge in [-0.15, -0.1) is 0 Å². The van der Waals surface area contributed by atoms with Crippen LogP contribution >= 0.6 is 0 Å². The van der Waals surface area contributed by atoms with Gasteiger partial charge in [0.2, 0.25) is 0 Å². The van der Waals surface area contributed by atoms with Crippen LogP contribution in [0.25, 0.3) is 5.57 Å². The Bertz CT molecular complexity index is 932. The fraction of sp³-hybridized carbons (Fsp3) is 0.348. The highest BCUT2D eigenvalue weighted by Gasteiger charge is 2.20. The third kappa shape index (κ3) is 4.58. The second-order valence-electron chi connectivity index (χ2n) is 7.31. The zero-order valence-electron chi connectivity index (χ0n) is 16.1. The molecule has 2 aromatic rings. The van der Waals surface area contributed by atoms with Gasteiger partial charge in [-0.2, -0.15) is 0 Å². The molecule has 0 heterocycles. The van der Waals surface area contributed by atoms with Gasteiger partial charge in [0.1, 0.15) is 12.4 Å². The van der Waals surface area contributed by atoms with Crippen LogP contribution in [0.5, 0.6) is 5.75 Å². The number of rotatable bonds is 7. The molecule has 0 bridgehead atoms. The van der Waals surface area contributed by atoms with Crippen molar-refractivity contribution in [1.82, 2.24) is 0 Å². The largest absolute Gasteiger partial charge is 0.486 e. The fourth-order valence-electron chi connectivity index (χ4n) is 3.64. The number of halogens is 2. The smallest absolute Gasteiger partial charge is 0.303 e. The minimum atomic E-state index is -0.913. The van der Waals surface area contributed by atoms with Crippen molar-refractivity contribution in [3.05, 3.63) is 69.8 Å². The zero-order valence-corrected chi connectivity index (χ0v) is 16.1. The van der Waals surface area contributed by atoms with Gasteiger partial charge in [0, 0.05) is 12.0 Å². The molecule has 1 aliphatic carbocycles. The normalized spacial score (nSPS) is 13.9. The van der Waals surface area contributed by atoms with E-state index in [2.05, 4.69) is 0 Å². The average molecular weight is 386 g/mol. The summed E-state index contributed by atoms with van der Waals surface area (Å²) in [6.07, 6.45) is 2.75. The predicted molar refractivity (Wildman–Crippen MR) is 104 cm³/mol. The van der Waals surface area contributed by atoms with Gasteiger partial charge in [0.15, 0.2) is 11.6 Å². The lowest BCUT2D eigenvalue weighted by Gasteiger charge is -2.14. The predicted octanol–water partition coefficient (Wildman–Crippen LogP) is 5.62. The number of aliphatic carboxylic acids is 1. The summed E-state index contributed by atoms with van der Waals surface area (Å²) in [5.41, 5.74) is 4.88. The minimum absolute atomic E-state index is 0.0428. The molecule has 0 aliphatic heterocycles. The molecule has 0 atom stereocenters. The van der Waals surface area contributed by atoms with Crippen LogP contribution in [0.1, 0.15) is 47.9 Å². The summed E-state index contributed by atoms with van der Waals surface area (Å²) in [4.78, 5) is 10.7. The minimum Gasteiger partial charge on any atom is -0.486 e. The lowest BCUT2D eigenvalue weighted by Crippen LogP contribution is -2.05. The van der Waals surface area contributed by atoms with Crippen LogP contribution in [0.15, 0.2) is 35.9 Å². The first-order valence-electron chi connectivity index (χ1n) is 9.46. The Morgan fingerprint density at radius 3 is 2.61 bits per heavy atom. The number of hydrogen-bond donors (Lipinski definition) is 1. The van der Waals surface area contributed by atoms with E-state index >= 15 is 0 Å². The number of hydrogen-bond acceptors (Lipinski definition) is 2. The molecule has 5 heteroatoms. The topological polar surface area (TPSA) is 46.5 Å². The van der Waals surface area contributed by atoms with Crippen LogP contribution in [0.4, 0.5) is 8.78 Å². The molecule has 3 nitrogen and oxygen atoms in total. The molecule has 1 aliphatic rings. The van der Waals surface area contributed by atoms with E-state index in [0.717, 1.165) is 41.5 Å². The Morgan fingerprint density at radius 2 is 1.89 bits per heavy atom. The van der Waals surface area contributed by atoms with E-state index in [0.29, 0.717) is 11.1 Å². The summed E-state index contributed by atoms with van der Waals surface area (Å²) >= 11 is 0. The van der Waals surface area contributed by atoms with Crippen LogP contribution in [0.2, 0.25) is 0 Å². The van der Waals surface area contributed by atoms with Crippen molar-refractivity contribution in [1.29, 1.82) is 0 Å². The summed E-state index contributed by atoms with van der Waals surface area (Å²) in [5, 5.41) is 8.80. The fourth-order valence-corrected chi connectivity index (χ4v) is 3.64. The van der Waals surface area contributed by atoms with Gasteiger partial charge in [-0.3, -0.25) is 4.79 Å². The molecular formula is C23H24F2O3. The molecule has 0 fully saturated rings. The highest BCUT2D eigenvalue weighted by atomic mass is 19.1. The van der Waals surface area contributed by atoms with Gasteiger partial charge >= 0.3 is 5.97 Å². The summed E-state index contributed by atoms with van der Waals surface area (Å²) in [7, 11) is 0. The van der Waals surface area contributed by atoms with Gasteiger partial charge in [-0.25, -0.2) is 8.78 Å². The molecule has 0 aromatic heterocycles. The third-order valence-electron chi connectivity index (χ3n) is 5.18. The van der Waals surface area contributed by atoms with Gasteiger partial charge in [0.25, 0.3) is 0 Å². The van der Waals surface area contributed by atoms with E-state index in [-0.39, 0.29) is 31.0 Å². The number of benzene rings is 2. The maximum Gasteiger partial charge on any atom is 0.303 e. The molecule has 28 heavy (non-hydrogen) atoms. The quantitative estimate of drug-likeness (QED) is 0.672. The second kappa shape index (κ2) is 8.55. The van der Waals surface area contributed by atoms with Gasteiger partial charge in [0.05, 0.1) is 0 Å². The van der Waals surface area contributed by atoms with Crippen molar-refractivity contribution in [3.8, 4) is 5.75 Å². The first-order valence-corrected chi connectivity index (χ1v) is 9.46. The van der Waals surface area contributed by atoms with Gasteiger partial charge in [-0.05, 0) is 85.6 Å². The van der Waals surface area contributed by atoms with Crippen molar-refractivity contribution in [3.63, 3.8) is 0 Å². The van der Waals surface area contributed by atoms with E-state index in [9.17, 15) is 13.6 Å². The standard InChI is InChI=1S/C23H24F2O3/c1-14-6-8-19(20(24)10-14)18-5-3-4-17(18)13-28-22-11-15(2)16(12-21(22)25)7-9-23(26)27/h6,8,10-12H,3-5,7,9,13H2,1-2H3,(H,26,27). The molecule has 0 spiro atoms. The summed E-state index contributed by atoms with van der Waals surface area (Å²) in [6, 6.07) is 8.16. The summed E-state index contributed by atoms with van der Waals surface area (Å²) in [5.74, 6) is -1.52. The van der Waals surface area contributed by atoms with Crippen molar-refractivity contribution in [2.45, 2.75) is 46.0 Å². The average Bonchev–Trinajstić information content (AvgIpc) is 3.09. The first-order chi connectivity index (χ1) is 13.3. The van der Waals surface area contributed by atoms with Gasteiger partial charge < -0.3 is 9.84 Å². The summed E-state index contributed by atoms with van der Waals surface area (Å²) < 4.78 is 34.5. The number of carboxylic acid groups (broad SMARTS) is 1. The zero-order chi connectivity index (χ0) is 20.3. The molecule has 0 unspecified atom stereocenters. The molecule has 0 saturated heterocycles. The highest BCUT2D eigenvalue weighted by molar-refractivity contribution is 5.71. The molecule has 1 N–H and O–H groups in total. The van der Waals surface area contributed by atoms with E-state index in [1.165, 1.54) is 12.1 Å². The van der Waals surface area contributed by atoms with Crippen molar-refractivity contribution < 1.29 is 23.4 Å². The second-order valence-corrected chi connectivity index (χ2v) is 7.31. The maximum absolute atomic E-state index is 14.4. The van der Waals surface area contributed by atoms with Crippen molar-refractivity contribution >= 4 is 11.5 Å². The van der Waals surface area contributed by atoms with Crippen LogP contribution in [-0.2, 0) is 11.2 Å². The number of ether oxygens (including phenoxy) is 1. The van der Waals surface area contributed by atoms with Crippen molar-refractivity contribution in [2.24, 2.45) is 0 Å². The Hall–Kier alpha value is -2.69. The number of carboxylic acids is 1. The van der Waals surface area contributed by atoms with E-state index < -0.39 is 11.8 Å². The SMILES string of the molecule is Cc1ccc(C2=C(COc3cc(C)c(CCC(=O)O)cc3F)CCC2)c(F)c1.